The van der Waals surface area contributed by atoms with Crippen LogP contribution >= 0.6 is 0 Å². The molecule has 2 fully saturated rings. The molecule has 5 N–H and O–H groups in total. The van der Waals surface area contributed by atoms with E-state index in [9.17, 15) is 30.0 Å². The number of hydrogen-bond acceptors (Lipinski definition) is 8. The number of amides is 2. The quantitative estimate of drug-likeness (QED) is 0.306. The molecule has 32 heavy (non-hydrogen) atoms. The van der Waals surface area contributed by atoms with Crippen LogP contribution in [0.15, 0.2) is 24.3 Å². The van der Waals surface area contributed by atoms with Gasteiger partial charge in [-0.1, -0.05) is 0 Å². The average Bonchev–Trinajstić information content (AvgIpc) is 3.47. The predicted molar refractivity (Wildman–Crippen MR) is 117 cm³/mol. The van der Waals surface area contributed by atoms with Gasteiger partial charge in [0, 0.05) is 51.0 Å². The molecule has 0 aromatic heterocycles. The number of carbonyl (C=O) groups excluding carboxylic acids is 2. The fourth-order valence-electron chi connectivity index (χ4n) is 4.29. The summed E-state index contributed by atoms with van der Waals surface area (Å²) < 4.78 is 0. The summed E-state index contributed by atoms with van der Waals surface area (Å²) in [6.07, 6.45) is -4.26. The summed E-state index contributed by atoms with van der Waals surface area (Å²) in [4.78, 5) is 30.4. The predicted octanol–water partition coefficient (Wildman–Crippen LogP) is -1.47. The maximum absolute atomic E-state index is 12.8. The Kier molecular flexibility index (Phi) is 8.07. The highest BCUT2D eigenvalue weighted by atomic mass is 16.4. The van der Waals surface area contributed by atoms with Gasteiger partial charge in [0.25, 0.3) is 0 Å². The molecular weight excluding hydrogens is 418 g/mol. The largest absolute Gasteiger partial charge is 0.394 e. The van der Waals surface area contributed by atoms with Crippen molar-refractivity contribution in [3.8, 4) is 0 Å². The van der Waals surface area contributed by atoms with E-state index >= 15 is 0 Å². The number of benzene rings is 1. The standard InChI is InChI=1S/C22H33N3O7/c1-23(12-17(27)20(30)21(31)18(28)13-26)22(32)14-10-19(29)25(11-14)16-6-4-15(5-7-16)24-8-2-3-9-24/h4-7,14,17-18,20-21,26-28,30-31H,2-3,8-13H2,1H3. The molecule has 5 atom stereocenters. The molecule has 0 radical (unpaired) electrons. The van der Waals surface area contributed by atoms with Crippen molar-refractivity contribution in [1.29, 1.82) is 0 Å². The summed E-state index contributed by atoms with van der Waals surface area (Å²) in [6.45, 7) is 1.20. The van der Waals surface area contributed by atoms with Crippen molar-refractivity contribution in [3.63, 3.8) is 0 Å². The number of likely N-dealkylation sites (N-methyl/N-ethyl adjacent to an activating group) is 1. The second-order valence-electron chi connectivity index (χ2n) is 8.63. The molecule has 3 rings (SSSR count). The van der Waals surface area contributed by atoms with Gasteiger partial charge in [-0.15, -0.1) is 0 Å². The summed E-state index contributed by atoms with van der Waals surface area (Å²) in [6, 6.07) is 7.74. The highest BCUT2D eigenvalue weighted by Crippen LogP contribution is 2.29. The maximum Gasteiger partial charge on any atom is 0.227 e. The Morgan fingerprint density at radius 3 is 2.19 bits per heavy atom. The third-order valence-corrected chi connectivity index (χ3v) is 6.27. The van der Waals surface area contributed by atoms with Crippen LogP contribution in [0.1, 0.15) is 19.3 Å². The first kappa shape index (κ1) is 24.4. The van der Waals surface area contributed by atoms with Crippen LogP contribution in [0, 0.1) is 5.92 Å². The summed E-state index contributed by atoms with van der Waals surface area (Å²) in [7, 11) is 1.44. The van der Waals surface area contributed by atoms with Gasteiger partial charge in [0.1, 0.15) is 24.4 Å². The zero-order valence-electron chi connectivity index (χ0n) is 18.2. The highest BCUT2D eigenvalue weighted by molar-refractivity contribution is 6.00. The normalized spacial score (nSPS) is 22.7. The Hall–Kier alpha value is -2.24. The van der Waals surface area contributed by atoms with E-state index in [-0.39, 0.29) is 31.3 Å². The number of carbonyl (C=O) groups is 2. The number of aliphatic hydroxyl groups excluding tert-OH is 5. The Morgan fingerprint density at radius 2 is 1.59 bits per heavy atom. The Bertz CT molecular complexity index is 784. The zero-order chi connectivity index (χ0) is 23.4. The van der Waals surface area contributed by atoms with Crippen LogP contribution in [-0.2, 0) is 9.59 Å². The van der Waals surface area contributed by atoms with Crippen molar-refractivity contribution in [2.24, 2.45) is 5.92 Å². The van der Waals surface area contributed by atoms with Gasteiger partial charge >= 0.3 is 0 Å². The van der Waals surface area contributed by atoms with Crippen molar-refractivity contribution in [2.75, 3.05) is 49.6 Å². The van der Waals surface area contributed by atoms with Gasteiger partial charge in [-0.25, -0.2) is 0 Å². The van der Waals surface area contributed by atoms with Crippen molar-refractivity contribution in [1.82, 2.24) is 4.90 Å². The molecule has 2 heterocycles. The molecule has 10 heteroatoms. The molecule has 1 aromatic carbocycles. The van der Waals surface area contributed by atoms with E-state index in [0.717, 1.165) is 24.5 Å². The minimum atomic E-state index is -1.76. The molecular formula is C22H33N3O7. The van der Waals surface area contributed by atoms with Crippen LogP contribution in [0.4, 0.5) is 11.4 Å². The van der Waals surface area contributed by atoms with E-state index < -0.39 is 36.9 Å². The van der Waals surface area contributed by atoms with Crippen LogP contribution in [0.25, 0.3) is 0 Å². The van der Waals surface area contributed by atoms with Crippen molar-refractivity contribution in [2.45, 2.75) is 43.7 Å². The van der Waals surface area contributed by atoms with E-state index in [4.69, 9.17) is 5.11 Å². The van der Waals surface area contributed by atoms with Gasteiger partial charge in [-0.05, 0) is 37.1 Å². The lowest BCUT2D eigenvalue weighted by Crippen LogP contribution is -2.50. The molecule has 0 aliphatic carbocycles. The van der Waals surface area contributed by atoms with E-state index in [1.165, 1.54) is 24.8 Å². The van der Waals surface area contributed by atoms with Crippen molar-refractivity contribution >= 4 is 23.2 Å². The third-order valence-electron chi connectivity index (χ3n) is 6.27. The van der Waals surface area contributed by atoms with Crippen molar-refractivity contribution < 1.29 is 35.1 Å². The Balaban J connectivity index is 1.57. The zero-order valence-corrected chi connectivity index (χ0v) is 18.2. The van der Waals surface area contributed by atoms with E-state index in [2.05, 4.69) is 4.90 Å². The molecule has 0 saturated carbocycles. The fourth-order valence-corrected chi connectivity index (χ4v) is 4.29. The summed E-state index contributed by atoms with van der Waals surface area (Å²) in [5.41, 5.74) is 1.85. The van der Waals surface area contributed by atoms with Crippen LogP contribution < -0.4 is 9.80 Å². The molecule has 0 bridgehead atoms. The molecule has 10 nitrogen and oxygen atoms in total. The second-order valence-corrected chi connectivity index (χ2v) is 8.63. The van der Waals surface area contributed by atoms with Crippen LogP contribution in [-0.4, -0.2) is 106 Å². The van der Waals surface area contributed by atoms with Crippen LogP contribution in [0.3, 0.4) is 0 Å². The molecule has 2 saturated heterocycles. The molecule has 2 amide bonds. The number of anilines is 2. The summed E-state index contributed by atoms with van der Waals surface area (Å²) >= 11 is 0. The first-order chi connectivity index (χ1) is 15.2. The Morgan fingerprint density at radius 1 is 1.03 bits per heavy atom. The summed E-state index contributed by atoms with van der Waals surface area (Å²) in [5.74, 6) is -1.12. The minimum absolute atomic E-state index is 0.0432. The first-order valence-corrected chi connectivity index (χ1v) is 11.0. The molecule has 0 spiro atoms. The fraction of sp³-hybridized carbons (Fsp3) is 0.636. The number of rotatable bonds is 9. The minimum Gasteiger partial charge on any atom is -0.394 e. The van der Waals surface area contributed by atoms with Gasteiger partial charge in [0.15, 0.2) is 0 Å². The average molecular weight is 452 g/mol. The molecule has 178 valence electrons. The van der Waals surface area contributed by atoms with E-state index in [1.807, 2.05) is 24.3 Å². The molecule has 2 aliphatic heterocycles. The van der Waals surface area contributed by atoms with Gasteiger partial charge in [-0.2, -0.15) is 0 Å². The van der Waals surface area contributed by atoms with Crippen molar-refractivity contribution in [3.05, 3.63) is 24.3 Å². The first-order valence-electron chi connectivity index (χ1n) is 11.0. The molecule has 5 unspecified atom stereocenters. The van der Waals surface area contributed by atoms with E-state index in [1.54, 1.807) is 4.90 Å². The number of hydrogen-bond donors (Lipinski definition) is 5. The lowest BCUT2D eigenvalue weighted by molar-refractivity contribution is -0.141. The van der Waals surface area contributed by atoms with Gasteiger partial charge in [0.2, 0.25) is 11.8 Å². The number of aliphatic hydroxyl groups is 5. The number of nitrogens with zero attached hydrogens (tertiary/aromatic N) is 3. The maximum atomic E-state index is 12.8. The Labute approximate surface area is 187 Å². The lowest BCUT2D eigenvalue weighted by Gasteiger charge is -2.29. The SMILES string of the molecule is CN(CC(O)C(O)C(O)C(O)CO)C(=O)C1CC(=O)N(c2ccc(N3CCCC3)cc2)C1. The van der Waals surface area contributed by atoms with Crippen LogP contribution in [0.5, 0.6) is 0 Å². The second kappa shape index (κ2) is 10.6. The molecule has 1 aromatic rings. The topological polar surface area (TPSA) is 145 Å². The lowest BCUT2D eigenvalue weighted by atomic mass is 10.0. The smallest absolute Gasteiger partial charge is 0.227 e. The highest BCUT2D eigenvalue weighted by Gasteiger charge is 2.38. The van der Waals surface area contributed by atoms with Gasteiger partial charge < -0.3 is 40.2 Å². The van der Waals surface area contributed by atoms with Gasteiger partial charge in [0.05, 0.1) is 12.5 Å². The molecule has 2 aliphatic rings. The monoisotopic (exact) mass is 451 g/mol. The summed E-state index contributed by atoms with van der Waals surface area (Å²) in [5, 5.41) is 48.1. The third kappa shape index (κ3) is 5.38. The van der Waals surface area contributed by atoms with Crippen LogP contribution in [0.2, 0.25) is 0 Å². The van der Waals surface area contributed by atoms with Gasteiger partial charge in [-0.3, -0.25) is 9.59 Å². The van der Waals surface area contributed by atoms with E-state index in [0.29, 0.717) is 0 Å².